The first kappa shape index (κ1) is 19.2. The van der Waals surface area contributed by atoms with E-state index in [-0.39, 0.29) is 24.2 Å². The van der Waals surface area contributed by atoms with Crippen LogP contribution in [0.5, 0.6) is 0 Å². The Morgan fingerprint density at radius 1 is 1.20 bits per heavy atom. The van der Waals surface area contributed by atoms with Gasteiger partial charge in [0.2, 0.25) is 11.8 Å². The van der Waals surface area contributed by atoms with Gasteiger partial charge < -0.3 is 16.0 Å². The summed E-state index contributed by atoms with van der Waals surface area (Å²) in [5.74, 6) is 0.693. The molecule has 0 bridgehead atoms. The molecule has 0 aliphatic carbocycles. The second-order valence-electron chi connectivity index (χ2n) is 6.25. The number of carbonyl (C=O) groups is 2. The lowest BCUT2D eigenvalue weighted by Gasteiger charge is -2.17. The van der Waals surface area contributed by atoms with E-state index in [0.717, 1.165) is 26.1 Å². The zero-order valence-electron chi connectivity index (χ0n) is 12.8. The van der Waals surface area contributed by atoms with Crippen LogP contribution in [0.4, 0.5) is 0 Å². The number of amides is 2. The average molecular weight is 306 g/mol. The molecule has 1 unspecified atom stereocenters. The van der Waals surface area contributed by atoms with Gasteiger partial charge in [-0.2, -0.15) is 0 Å². The summed E-state index contributed by atoms with van der Waals surface area (Å²) in [7, 11) is 0. The third kappa shape index (κ3) is 7.70. The quantitative estimate of drug-likeness (QED) is 0.687. The van der Waals surface area contributed by atoms with Crippen LogP contribution < -0.4 is 16.0 Å². The molecule has 0 aromatic carbocycles. The summed E-state index contributed by atoms with van der Waals surface area (Å²) in [6, 6.07) is 0. The third-order valence-electron chi connectivity index (χ3n) is 3.36. The minimum Gasteiger partial charge on any atom is -0.356 e. The van der Waals surface area contributed by atoms with Gasteiger partial charge >= 0.3 is 0 Å². The van der Waals surface area contributed by atoms with Gasteiger partial charge in [0.05, 0.1) is 0 Å². The number of rotatable bonds is 6. The summed E-state index contributed by atoms with van der Waals surface area (Å²) >= 11 is 0. The predicted octanol–water partition coefficient (Wildman–Crippen LogP) is 1.08. The fourth-order valence-electron chi connectivity index (χ4n) is 2.02. The average Bonchev–Trinajstić information content (AvgIpc) is 2.80. The Kier molecular flexibility index (Phi) is 8.81. The summed E-state index contributed by atoms with van der Waals surface area (Å²) in [4.78, 5) is 23.2. The zero-order valence-corrected chi connectivity index (χ0v) is 13.6. The van der Waals surface area contributed by atoms with E-state index in [0.29, 0.717) is 18.9 Å². The number of halogens is 1. The second-order valence-corrected chi connectivity index (χ2v) is 6.25. The molecule has 0 saturated carbocycles. The molecule has 2 amide bonds. The summed E-state index contributed by atoms with van der Waals surface area (Å²) < 4.78 is 0. The van der Waals surface area contributed by atoms with Crippen molar-refractivity contribution in [1.82, 2.24) is 16.0 Å². The van der Waals surface area contributed by atoms with Gasteiger partial charge in [0, 0.05) is 24.9 Å². The Morgan fingerprint density at radius 3 is 2.45 bits per heavy atom. The predicted molar refractivity (Wildman–Crippen MR) is 82.9 cm³/mol. The maximum Gasteiger partial charge on any atom is 0.225 e. The summed E-state index contributed by atoms with van der Waals surface area (Å²) in [6.07, 6.45) is 2.59. The topological polar surface area (TPSA) is 70.2 Å². The van der Waals surface area contributed by atoms with Crippen molar-refractivity contribution in [1.29, 1.82) is 0 Å². The fourth-order valence-corrected chi connectivity index (χ4v) is 2.02. The molecule has 1 rings (SSSR count). The Bertz CT molecular complexity index is 310. The van der Waals surface area contributed by atoms with Crippen molar-refractivity contribution in [3.05, 3.63) is 0 Å². The summed E-state index contributed by atoms with van der Waals surface area (Å²) in [5.41, 5.74) is -0.397. The van der Waals surface area contributed by atoms with Crippen molar-refractivity contribution in [2.45, 2.75) is 40.0 Å². The monoisotopic (exact) mass is 305 g/mol. The molecule has 1 aliphatic rings. The maximum atomic E-state index is 11.6. The van der Waals surface area contributed by atoms with Crippen molar-refractivity contribution < 1.29 is 9.59 Å². The highest BCUT2D eigenvalue weighted by Gasteiger charge is 2.20. The molecule has 3 N–H and O–H groups in total. The highest BCUT2D eigenvalue weighted by Crippen LogP contribution is 2.12. The van der Waals surface area contributed by atoms with E-state index < -0.39 is 5.41 Å². The van der Waals surface area contributed by atoms with E-state index in [1.54, 1.807) is 0 Å². The molecule has 1 aliphatic heterocycles. The molecule has 1 saturated heterocycles. The molecular formula is C14H28ClN3O2. The lowest BCUT2D eigenvalue weighted by molar-refractivity contribution is -0.128. The molecule has 5 nitrogen and oxygen atoms in total. The van der Waals surface area contributed by atoms with E-state index in [1.165, 1.54) is 6.42 Å². The molecule has 0 radical (unpaired) electrons. The van der Waals surface area contributed by atoms with Gasteiger partial charge in [0.15, 0.2) is 0 Å². The Balaban J connectivity index is 0.00000361. The molecule has 1 fully saturated rings. The van der Waals surface area contributed by atoms with Gasteiger partial charge in [-0.05, 0) is 31.8 Å². The van der Waals surface area contributed by atoms with Gasteiger partial charge in [-0.15, -0.1) is 12.4 Å². The summed E-state index contributed by atoms with van der Waals surface area (Å²) in [6.45, 7) is 8.88. The van der Waals surface area contributed by atoms with E-state index in [4.69, 9.17) is 0 Å². The molecule has 0 spiro atoms. The Morgan fingerprint density at radius 2 is 1.90 bits per heavy atom. The van der Waals surface area contributed by atoms with Gasteiger partial charge in [0.25, 0.3) is 0 Å². The second kappa shape index (κ2) is 9.19. The Labute approximate surface area is 128 Å². The van der Waals surface area contributed by atoms with Crippen LogP contribution in [0.3, 0.4) is 0 Å². The van der Waals surface area contributed by atoms with E-state index in [9.17, 15) is 9.59 Å². The first-order chi connectivity index (χ1) is 8.89. The van der Waals surface area contributed by atoms with Crippen molar-refractivity contribution in [3.8, 4) is 0 Å². The van der Waals surface area contributed by atoms with Crippen molar-refractivity contribution in [3.63, 3.8) is 0 Å². The van der Waals surface area contributed by atoms with Crippen LogP contribution in [0.25, 0.3) is 0 Å². The van der Waals surface area contributed by atoms with Crippen LogP contribution in [0.1, 0.15) is 40.0 Å². The lowest BCUT2D eigenvalue weighted by atomic mass is 9.96. The number of hydrogen-bond donors (Lipinski definition) is 3. The van der Waals surface area contributed by atoms with Crippen LogP contribution in [-0.4, -0.2) is 38.0 Å². The molecule has 6 heteroatoms. The third-order valence-corrected chi connectivity index (χ3v) is 3.36. The number of nitrogens with one attached hydrogen (secondary N) is 3. The molecular weight excluding hydrogens is 278 g/mol. The van der Waals surface area contributed by atoms with Crippen LogP contribution in [0, 0.1) is 11.3 Å². The van der Waals surface area contributed by atoms with Crippen LogP contribution in [0.15, 0.2) is 0 Å². The van der Waals surface area contributed by atoms with Crippen LogP contribution in [0.2, 0.25) is 0 Å². The lowest BCUT2D eigenvalue weighted by Crippen LogP contribution is -2.37. The first-order valence-corrected chi connectivity index (χ1v) is 7.15. The maximum absolute atomic E-state index is 11.6. The smallest absolute Gasteiger partial charge is 0.225 e. The van der Waals surface area contributed by atoms with Gasteiger partial charge in [-0.1, -0.05) is 20.8 Å². The van der Waals surface area contributed by atoms with E-state index >= 15 is 0 Å². The number of carbonyl (C=O) groups excluding carboxylic acids is 2. The SMILES string of the molecule is CC(C)(C)C(=O)NCCC(=O)NCCC1CCNC1.Cl. The minimum absolute atomic E-state index is 0. The minimum atomic E-state index is -0.397. The molecule has 1 atom stereocenters. The van der Waals surface area contributed by atoms with Crippen molar-refractivity contribution in [2.75, 3.05) is 26.2 Å². The molecule has 118 valence electrons. The standard InChI is InChI=1S/C14H27N3O2.ClH/c1-14(2,3)13(19)17-9-6-12(18)16-8-5-11-4-7-15-10-11;/h11,15H,4-10H2,1-3H3,(H,16,18)(H,17,19);1H. The van der Waals surface area contributed by atoms with E-state index in [1.807, 2.05) is 20.8 Å². The van der Waals surface area contributed by atoms with Crippen LogP contribution in [-0.2, 0) is 9.59 Å². The van der Waals surface area contributed by atoms with Gasteiger partial charge in [-0.3, -0.25) is 9.59 Å². The first-order valence-electron chi connectivity index (χ1n) is 7.15. The van der Waals surface area contributed by atoms with Crippen LogP contribution >= 0.6 is 12.4 Å². The fraction of sp³-hybridized carbons (Fsp3) is 0.857. The molecule has 1 heterocycles. The van der Waals surface area contributed by atoms with Crippen molar-refractivity contribution >= 4 is 24.2 Å². The highest BCUT2D eigenvalue weighted by atomic mass is 35.5. The number of hydrogen-bond acceptors (Lipinski definition) is 3. The largest absolute Gasteiger partial charge is 0.356 e. The molecule has 0 aromatic heterocycles. The normalized spacial score (nSPS) is 18.2. The van der Waals surface area contributed by atoms with Gasteiger partial charge in [0.1, 0.15) is 0 Å². The highest BCUT2D eigenvalue weighted by molar-refractivity contribution is 5.85. The zero-order chi connectivity index (χ0) is 14.3. The van der Waals surface area contributed by atoms with Crippen molar-refractivity contribution in [2.24, 2.45) is 11.3 Å². The summed E-state index contributed by atoms with van der Waals surface area (Å²) in [5, 5.41) is 8.99. The molecule has 0 aromatic rings. The van der Waals surface area contributed by atoms with E-state index in [2.05, 4.69) is 16.0 Å². The Hall–Kier alpha value is -0.810. The van der Waals surface area contributed by atoms with Gasteiger partial charge in [-0.25, -0.2) is 0 Å². The molecule has 20 heavy (non-hydrogen) atoms.